The molecule has 0 amide bonds. The van der Waals surface area contributed by atoms with E-state index in [1.54, 1.807) is 17.6 Å². The summed E-state index contributed by atoms with van der Waals surface area (Å²) in [5.41, 5.74) is 0.822. The first-order valence-electron chi connectivity index (χ1n) is 7.97. The number of ether oxygens (including phenoxy) is 1. The predicted octanol–water partition coefficient (Wildman–Crippen LogP) is 3.26. The molecule has 0 radical (unpaired) electrons. The fraction of sp³-hybridized carbons (Fsp3) is 0.500. The van der Waals surface area contributed by atoms with E-state index in [2.05, 4.69) is 20.6 Å². The third kappa shape index (κ3) is 5.45. The van der Waals surface area contributed by atoms with E-state index in [1.165, 1.54) is 0 Å². The zero-order valence-electron chi connectivity index (χ0n) is 13.7. The first-order chi connectivity index (χ1) is 11.3. The van der Waals surface area contributed by atoms with Crippen molar-refractivity contribution in [2.45, 2.75) is 32.4 Å². The monoisotopic (exact) mass is 462 g/mol. The SMILES string of the molecule is CCNC(=NCc1coc(-c2cccs2)n1)NCC1CCCO1.I. The van der Waals surface area contributed by atoms with E-state index in [0.29, 0.717) is 12.4 Å². The van der Waals surface area contributed by atoms with Crippen molar-refractivity contribution in [2.75, 3.05) is 19.7 Å². The molecule has 1 aliphatic rings. The standard InChI is InChI=1S/C16H22N4O2S.HI/c1-2-17-16(19-10-13-5-3-7-21-13)18-9-12-11-22-15(20-12)14-6-4-8-23-14;/h4,6,8,11,13H,2-3,5,7,9-10H2,1H3,(H2,17,18,19);1H. The molecule has 1 saturated heterocycles. The summed E-state index contributed by atoms with van der Waals surface area (Å²) in [5, 5.41) is 8.57. The second kappa shape index (κ2) is 10.00. The number of aliphatic imine (C=N–C) groups is 1. The fourth-order valence-electron chi connectivity index (χ4n) is 2.41. The van der Waals surface area contributed by atoms with Crippen molar-refractivity contribution in [2.24, 2.45) is 4.99 Å². The molecule has 1 fully saturated rings. The van der Waals surface area contributed by atoms with Gasteiger partial charge in [0.1, 0.15) is 12.0 Å². The summed E-state index contributed by atoms with van der Waals surface area (Å²) in [4.78, 5) is 10.1. The van der Waals surface area contributed by atoms with Crippen LogP contribution in [0.1, 0.15) is 25.5 Å². The maximum Gasteiger partial charge on any atom is 0.236 e. The van der Waals surface area contributed by atoms with Crippen molar-refractivity contribution in [3.63, 3.8) is 0 Å². The molecule has 8 heteroatoms. The molecule has 24 heavy (non-hydrogen) atoms. The third-order valence-electron chi connectivity index (χ3n) is 3.55. The molecule has 0 aliphatic carbocycles. The average molecular weight is 462 g/mol. The topological polar surface area (TPSA) is 71.7 Å². The summed E-state index contributed by atoms with van der Waals surface area (Å²) >= 11 is 1.61. The minimum atomic E-state index is 0. The Kier molecular flexibility index (Phi) is 8.00. The molecule has 0 saturated carbocycles. The number of halogens is 1. The zero-order chi connectivity index (χ0) is 15.9. The molecule has 2 aromatic rings. The average Bonchev–Trinajstić information content (AvgIpc) is 3.32. The van der Waals surface area contributed by atoms with Gasteiger partial charge < -0.3 is 19.8 Å². The van der Waals surface area contributed by atoms with E-state index in [4.69, 9.17) is 9.15 Å². The van der Waals surface area contributed by atoms with Crippen molar-refractivity contribution in [1.82, 2.24) is 15.6 Å². The van der Waals surface area contributed by atoms with Gasteiger partial charge in [0.05, 0.1) is 17.5 Å². The Morgan fingerprint density at radius 1 is 1.46 bits per heavy atom. The van der Waals surface area contributed by atoms with Crippen molar-refractivity contribution in [3.05, 3.63) is 29.5 Å². The molecular formula is C16H23IN4O2S. The van der Waals surface area contributed by atoms with Gasteiger partial charge in [0.25, 0.3) is 0 Å². The van der Waals surface area contributed by atoms with Gasteiger partial charge in [0.15, 0.2) is 5.96 Å². The molecule has 1 aliphatic heterocycles. The minimum Gasteiger partial charge on any atom is -0.443 e. The van der Waals surface area contributed by atoms with Crippen LogP contribution in [-0.4, -0.2) is 36.7 Å². The molecule has 3 heterocycles. The molecule has 0 spiro atoms. The Labute approximate surface area is 163 Å². The zero-order valence-corrected chi connectivity index (χ0v) is 16.8. The molecule has 2 aromatic heterocycles. The maximum atomic E-state index is 5.62. The van der Waals surface area contributed by atoms with Gasteiger partial charge in [0, 0.05) is 19.7 Å². The quantitative estimate of drug-likeness (QED) is 0.392. The number of rotatable bonds is 6. The lowest BCUT2D eigenvalue weighted by atomic mass is 10.2. The van der Waals surface area contributed by atoms with Gasteiger partial charge in [-0.1, -0.05) is 6.07 Å². The van der Waals surface area contributed by atoms with Crippen molar-refractivity contribution in [1.29, 1.82) is 0 Å². The normalized spacial score (nSPS) is 17.5. The van der Waals surface area contributed by atoms with Gasteiger partial charge in [-0.3, -0.25) is 0 Å². The lowest BCUT2D eigenvalue weighted by Crippen LogP contribution is -2.41. The third-order valence-corrected chi connectivity index (χ3v) is 4.41. The second-order valence-electron chi connectivity index (χ2n) is 5.33. The summed E-state index contributed by atoms with van der Waals surface area (Å²) in [5.74, 6) is 1.44. The Balaban J connectivity index is 0.00000208. The smallest absolute Gasteiger partial charge is 0.236 e. The molecule has 6 nitrogen and oxygen atoms in total. The van der Waals surface area contributed by atoms with Crippen LogP contribution in [0.5, 0.6) is 0 Å². The lowest BCUT2D eigenvalue weighted by Gasteiger charge is -2.14. The van der Waals surface area contributed by atoms with E-state index >= 15 is 0 Å². The van der Waals surface area contributed by atoms with Crippen LogP contribution >= 0.6 is 35.3 Å². The van der Waals surface area contributed by atoms with Crippen molar-refractivity contribution in [3.8, 4) is 10.8 Å². The molecule has 0 aromatic carbocycles. The number of hydrogen-bond donors (Lipinski definition) is 2. The Bertz CT molecular complexity index is 624. The van der Waals surface area contributed by atoms with Crippen molar-refractivity contribution < 1.29 is 9.15 Å². The number of hydrogen-bond acceptors (Lipinski definition) is 5. The highest BCUT2D eigenvalue weighted by Crippen LogP contribution is 2.23. The second-order valence-corrected chi connectivity index (χ2v) is 6.28. The fourth-order valence-corrected chi connectivity index (χ4v) is 3.07. The molecule has 132 valence electrons. The summed E-state index contributed by atoms with van der Waals surface area (Å²) in [6, 6.07) is 3.98. The van der Waals surface area contributed by atoms with Crippen LogP contribution in [0.15, 0.2) is 33.2 Å². The van der Waals surface area contributed by atoms with Crippen LogP contribution in [-0.2, 0) is 11.3 Å². The summed E-state index contributed by atoms with van der Waals surface area (Å²) in [6.45, 7) is 5.00. The van der Waals surface area contributed by atoms with Gasteiger partial charge in [0.2, 0.25) is 5.89 Å². The highest BCUT2D eigenvalue weighted by Gasteiger charge is 2.15. The predicted molar refractivity (Wildman–Crippen MR) is 107 cm³/mol. The molecule has 1 unspecified atom stereocenters. The summed E-state index contributed by atoms with van der Waals surface area (Å²) in [7, 11) is 0. The van der Waals surface area contributed by atoms with Gasteiger partial charge in [-0.05, 0) is 31.2 Å². The molecule has 3 rings (SSSR count). The van der Waals surface area contributed by atoms with Crippen LogP contribution in [0.3, 0.4) is 0 Å². The number of oxazole rings is 1. The van der Waals surface area contributed by atoms with Gasteiger partial charge in [-0.2, -0.15) is 0 Å². The number of aromatic nitrogens is 1. The van der Waals surface area contributed by atoms with Crippen molar-refractivity contribution >= 4 is 41.3 Å². The minimum absolute atomic E-state index is 0. The maximum absolute atomic E-state index is 5.62. The first-order valence-corrected chi connectivity index (χ1v) is 8.85. The Morgan fingerprint density at radius 2 is 2.38 bits per heavy atom. The Morgan fingerprint density at radius 3 is 3.08 bits per heavy atom. The summed E-state index contributed by atoms with van der Waals surface area (Å²) < 4.78 is 11.1. The highest BCUT2D eigenvalue weighted by molar-refractivity contribution is 14.0. The van der Waals surface area contributed by atoms with Gasteiger partial charge in [-0.15, -0.1) is 35.3 Å². The van der Waals surface area contributed by atoms with Crippen LogP contribution in [0.4, 0.5) is 0 Å². The van der Waals surface area contributed by atoms with Gasteiger partial charge in [-0.25, -0.2) is 9.98 Å². The largest absolute Gasteiger partial charge is 0.443 e. The van der Waals surface area contributed by atoms with Crippen LogP contribution < -0.4 is 10.6 Å². The summed E-state index contributed by atoms with van der Waals surface area (Å²) in [6.07, 6.45) is 4.21. The van der Waals surface area contributed by atoms with Crippen LogP contribution in [0, 0.1) is 0 Å². The highest BCUT2D eigenvalue weighted by atomic mass is 127. The van der Waals surface area contributed by atoms with E-state index in [1.807, 2.05) is 24.4 Å². The molecule has 0 bridgehead atoms. The Hall–Kier alpha value is -1.13. The number of thiophene rings is 1. The van der Waals surface area contributed by atoms with Crippen LogP contribution in [0.25, 0.3) is 10.8 Å². The number of nitrogens with zero attached hydrogens (tertiary/aromatic N) is 2. The molecular weight excluding hydrogens is 439 g/mol. The van der Waals surface area contributed by atoms with E-state index < -0.39 is 0 Å². The molecule has 2 N–H and O–H groups in total. The number of nitrogens with one attached hydrogen (secondary N) is 2. The van der Waals surface area contributed by atoms with E-state index in [0.717, 1.165) is 49.1 Å². The lowest BCUT2D eigenvalue weighted by molar-refractivity contribution is 0.114. The first kappa shape index (κ1) is 19.2. The van der Waals surface area contributed by atoms with Gasteiger partial charge >= 0.3 is 0 Å². The van der Waals surface area contributed by atoms with E-state index in [-0.39, 0.29) is 30.1 Å². The van der Waals surface area contributed by atoms with E-state index in [9.17, 15) is 0 Å². The van der Waals surface area contributed by atoms with Crippen LogP contribution in [0.2, 0.25) is 0 Å². The molecule has 1 atom stereocenters. The number of guanidine groups is 1.